The first kappa shape index (κ1) is 22.0. The molecule has 0 aliphatic carbocycles. The Bertz CT molecular complexity index is 670. The van der Waals surface area contributed by atoms with Gasteiger partial charge in [0.15, 0.2) is 9.84 Å². The predicted molar refractivity (Wildman–Crippen MR) is 101 cm³/mol. The van der Waals surface area contributed by atoms with Crippen LogP contribution in [0.25, 0.3) is 0 Å². The number of carboxylic acid groups (broad SMARTS) is 1. The van der Waals surface area contributed by atoms with Crippen LogP contribution in [-0.2, 0) is 21.2 Å². The van der Waals surface area contributed by atoms with Crippen molar-refractivity contribution in [3.05, 3.63) is 35.9 Å². The fourth-order valence-electron chi connectivity index (χ4n) is 2.68. The molecule has 1 aromatic rings. The lowest BCUT2D eigenvalue weighted by atomic mass is 10.2. The molecule has 1 rings (SSSR count). The minimum atomic E-state index is -3.63. The molecule has 0 aromatic heterocycles. The lowest BCUT2D eigenvalue weighted by molar-refractivity contribution is -0.138. The van der Waals surface area contributed by atoms with E-state index in [0.717, 1.165) is 5.56 Å². The van der Waals surface area contributed by atoms with Gasteiger partial charge in [0.1, 0.15) is 6.04 Å². The summed E-state index contributed by atoms with van der Waals surface area (Å²) in [4.78, 5) is 23.4. The second-order valence-electron chi connectivity index (χ2n) is 6.23. The number of sulfone groups is 1. The summed E-state index contributed by atoms with van der Waals surface area (Å²) in [5, 5.41) is 13.5. The second-order valence-corrected chi connectivity index (χ2v) is 8.56. The highest BCUT2D eigenvalue weighted by Gasteiger charge is 2.31. The molecule has 1 atom stereocenters. The molecule has 3 N–H and O–H groups in total. The first-order valence-corrected chi connectivity index (χ1v) is 10.5. The topological polar surface area (TPSA) is 113 Å². The van der Waals surface area contributed by atoms with Crippen molar-refractivity contribution < 1.29 is 23.1 Å². The van der Waals surface area contributed by atoms with Crippen LogP contribution < -0.4 is 10.6 Å². The molecule has 7 nitrogen and oxygen atoms in total. The molecule has 0 saturated heterocycles. The van der Waals surface area contributed by atoms with Gasteiger partial charge in [-0.05, 0) is 18.4 Å². The van der Waals surface area contributed by atoms with Gasteiger partial charge in [0.2, 0.25) is 0 Å². The Morgan fingerprint density at radius 2 is 1.65 bits per heavy atom. The number of benzene rings is 1. The van der Waals surface area contributed by atoms with Gasteiger partial charge < -0.3 is 15.7 Å². The van der Waals surface area contributed by atoms with Crippen LogP contribution in [-0.4, -0.2) is 42.6 Å². The third-order valence-electron chi connectivity index (χ3n) is 4.03. The van der Waals surface area contributed by atoms with Crippen LogP contribution in [0.4, 0.5) is 4.79 Å². The summed E-state index contributed by atoms with van der Waals surface area (Å²) in [7, 11) is -3.63. The molecule has 0 heterocycles. The van der Waals surface area contributed by atoms with E-state index in [1.165, 1.54) is 0 Å². The number of carbonyl (C=O) groups excluding carboxylic acids is 1. The Balaban J connectivity index is 2.69. The van der Waals surface area contributed by atoms with E-state index in [-0.39, 0.29) is 6.54 Å². The first-order chi connectivity index (χ1) is 12.3. The van der Waals surface area contributed by atoms with Crippen molar-refractivity contribution in [2.75, 3.05) is 5.75 Å². The maximum atomic E-state index is 12.6. The Hall–Kier alpha value is -2.09. The van der Waals surface area contributed by atoms with Gasteiger partial charge in [-0.15, -0.1) is 0 Å². The number of carboxylic acids is 1. The predicted octanol–water partition coefficient (Wildman–Crippen LogP) is 2.32. The molecule has 0 radical (unpaired) electrons. The zero-order valence-corrected chi connectivity index (χ0v) is 16.1. The van der Waals surface area contributed by atoms with Gasteiger partial charge in [0.05, 0.1) is 11.0 Å². The smallest absolute Gasteiger partial charge is 0.327 e. The molecule has 0 saturated carbocycles. The summed E-state index contributed by atoms with van der Waals surface area (Å²) in [5.41, 5.74) is 0.855. The van der Waals surface area contributed by atoms with Gasteiger partial charge in [-0.2, -0.15) is 0 Å². The molecule has 0 aliphatic heterocycles. The molecule has 0 spiro atoms. The Morgan fingerprint density at radius 3 is 2.15 bits per heavy atom. The Kier molecular flexibility index (Phi) is 9.12. The summed E-state index contributed by atoms with van der Waals surface area (Å²) in [5.74, 6) is -1.97. The maximum Gasteiger partial charge on any atom is 0.327 e. The first-order valence-electron chi connectivity index (χ1n) is 8.82. The van der Waals surface area contributed by atoms with Crippen molar-refractivity contribution in [3.63, 3.8) is 0 Å². The van der Waals surface area contributed by atoms with Crippen LogP contribution in [0, 0.1) is 0 Å². The van der Waals surface area contributed by atoms with E-state index in [1.54, 1.807) is 0 Å². The summed E-state index contributed by atoms with van der Waals surface area (Å²) < 4.78 is 25.1. The normalized spacial score (nSPS) is 12.6. The van der Waals surface area contributed by atoms with E-state index in [1.807, 2.05) is 44.2 Å². The summed E-state index contributed by atoms with van der Waals surface area (Å²) >= 11 is 0. The molecule has 1 aromatic carbocycles. The Labute approximate surface area is 155 Å². The summed E-state index contributed by atoms with van der Waals surface area (Å²) in [6.45, 7) is 4.00. The van der Waals surface area contributed by atoms with E-state index < -0.39 is 38.9 Å². The monoisotopic (exact) mass is 384 g/mol. The SMILES string of the molecule is CCCC(CCC)S(=O)(=O)C[C@H](NC(=O)NCc1ccccc1)C(=O)O. The number of hydrogen-bond acceptors (Lipinski definition) is 4. The van der Waals surface area contributed by atoms with Crippen LogP contribution in [0.1, 0.15) is 45.1 Å². The third-order valence-corrected chi connectivity index (χ3v) is 6.31. The maximum absolute atomic E-state index is 12.6. The Morgan fingerprint density at radius 1 is 1.08 bits per heavy atom. The third kappa shape index (κ3) is 7.43. The van der Waals surface area contributed by atoms with Crippen LogP contribution >= 0.6 is 0 Å². The van der Waals surface area contributed by atoms with E-state index in [4.69, 9.17) is 0 Å². The molecule has 0 fully saturated rings. The lowest BCUT2D eigenvalue weighted by Crippen LogP contribution is -2.50. The minimum Gasteiger partial charge on any atom is -0.480 e. The second kappa shape index (κ2) is 10.8. The average Bonchev–Trinajstić information content (AvgIpc) is 2.60. The van der Waals surface area contributed by atoms with Gasteiger partial charge in [-0.1, -0.05) is 57.0 Å². The number of aliphatic carboxylic acids is 1. The summed E-state index contributed by atoms with van der Waals surface area (Å²) in [6, 6.07) is 6.94. The number of nitrogens with one attached hydrogen (secondary N) is 2. The standard InChI is InChI=1S/C18H28N2O5S/c1-3-8-15(9-4-2)26(24,25)13-16(17(21)22)20-18(23)19-12-14-10-6-5-7-11-14/h5-7,10-11,15-16H,3-4,8-9,12-13H2,1-2H3,(H,21,22)(H2,19,20,23)/t16-/m0/s1. The fraction of sp³-hybridized carbons (Fsp3) is 0.556. The number of urea groups is 1. The fourth-order valence-corrected chi connectivity index (χ4v) is 4.83. The molecule has 0 aliphatic rings. The van der Waals surface area contributed by atoms with Gasteiger partial charge in [0, 0.05) is 6.54 Å². The van der Waals surface area contributed by atoms with Crippen LogP contribution in [0.2, 0.25) is 0 Å². The zero-order chi connectivity index (χ0) is 19.6. The molecule has 2 amide bonds. The van der Waals surface area contributed by atoms with E-state index in [2.05, 4.69) is 10.6 Å². The highest BCUT2D eigenvalue weighted by molar-refractivity contribution is 7.92. The van der Waals surface area contributed by atoms with Gasteiger partial charge in [-0.3, -0.25) is 0 Å². The largest absolute Gasteiger partial charge is 0.480 e. The molecule has 26 heavy (non-hydrogen) atoms. The summed E-state index contributed by atoms with van der Waals surface area (Å²) in [6.07, 6.45) is 2.38. The van der Waals surface area contributed by atoms with Crippen LogP contribution in [0.3, 0.4) is 0 Å². The van der Waals surface area contributed by atoms with E-state index >= 15 is 0 Å². The zero-order valence-electron chi connectivity index (χ0n) is 15.3. The van der Waals surface area contributed by atoms with Crippen molar-refractivity contribution in [2.45, 2.75) is 57.4 Å². The molecule has 0 bridgehead atoms. The highest BCUT2D eigenvalue weighted by Crippen LogP contribution is 2.16. The molecular formula is C18H28N2O5S. The lowest BCUT2D eigenvalue weighted by Gasteiger charge is -2.20. The quantitative estimate of drug-likeness (QED) is 0.542. The van der Waals surface area contributed by atoms with E-state index in [9.17, 15) is 23.1 Å². The number of hydrogen-bond donors (Lipinski definition) is 3. The van der Waals surface area contributed by atoms with Crippen molar-refractivity contribution in [1.29, 1.82) is 0 Å². The van der Waals surface area contributed by atoms with Gasteiger partial charge >= 0.3 is 12.0 Å². The van der Waals surface area contributed by atoms with Crippen LogP contribution in [0.5, 0.6) is 0 Å². The van der Waals surface area contributed by atoms with Crippen molar-refractivity contribution in [3.8, 4) is 0 Å². The van der Waals surface area contributed by atoms with Crippen molar-refractivity contribution in [2.24, 2.45) is 0 Å². The molecule has 8 heteroatoms. The van der Waals surface area contributed by atoms with Crippen LogP contribution in [0.15, 0.2) is 30.3 Å². The van der Waals surface area contributed by atoms with Crippen molar-refractivity contribution >= 4 is 21.8 Å². The average molecular weight is 384 g/mol. The van der Waals surface area contributed by atoms with Gasteiger partial charge in [-0.25, -0.2) is 18.0 Å². The molecule has 0 unspecified atom stereocenters. The van der Waals surface area contributed by atoms with Crippen molar-refractivity contribution in [1.82, 2.24) is 10.6 Å². The minimum absolute atomic E-state index is 0.222. The van der Waals surface area contributed by atoms with E-state index in [0.29, 0.717) is 25.7 Å². The number of rotatable bonds is 11. The molecule has 146 valence electrons. The molecular weight excluding hydrogens is 356 g/mol. The number of amides is 2. The van der Waals surface area contributed by atoms with Gasteiger partial charge in [0.25, 0.3) is 0 Å². The number of carbonyl (C=O) groups is 2. The highest BCUT2D eigenvalue weighted by atomic mass is 32.2.